The Bertz CT molecular complexity index is 1480. The van der Waals surface area contributed by atoms with Crippen LogP contribution in [0.1, 0.15) is 28.3 Å². The SMILES string of the molecule is COc1ccc(C2/C(=C(/O)c3ccc4ccccc4c3)C(=O)C(=O)N2c2cc(C)cc(C)c2)cc1. The minimum Gasteiger partial charge on any atom is -0.507 e. The summed E-state index contributed by atoms with van der Waals surface area (Å²) in [5, 5.41) is 13.4. The zero-order chi connectivity index (χ0) is 24.7. The Hall–Kier alpha value is -4.38. The van der Waals surface area contributed by atoms with Gasteiger partial charge < -0.3 is 9.84 Å². The number of carbonyl (C=O) groups excluding carboxylic acids is 2. The van der Waals surface area contributed by atoms with Crippen LogP contribution in [0.5, 0.6) is 5.75 Å². The number of carbonyl (C=O) groups is 2. The van der Waals surface area contributed by atoms with Crippen LogP contribution >= 0.6 is 0 Å². The van der Waals surface area contributed by atoms with Gasteiger partial charge in [0.25, 0.3) is 11.7 Å². The number of aryl methyl sites for hydroxylation is 2. The number of Topliss-reactive ketones (excluding diaryl/α,β-unsaturated/α-hetero) is 1. The van der Waals surface area contributed by atoms with Crippen LogP contribution in [0.25, 0.3) is 16.5 Å². The molecule has 5 heteroatoms. The molecule has 1 aliphatic rings. The van der Waals surface area contributed by atoms with Crippen LogP contribution < -0.4 is 9.64 Å². The summed E-state index contributed by atoms with van der Waals surface area (Å²) in [5.41, 5.74) is 3.82. The van der Waals surface area contributed by atoms with Gasteiger partial charge in [-0.25, -0.2) is 0 Å². The molecule has 1 atom stereocenters. The Morgan fingerprint density at radius 1 is 0.829 bits per heavy atom. The molecule has 5 rings (SSSR count). The van der Waals surface area contributed by atoms with E-state index in [4.69, 9.17) is 4.74 Å². The Morgan fingerprint density at radius 3 is 2.14 bits per heavy atom. The second-order valence-corrected chi connectivity index (χ2v) is 8.85. The number of nitrogens with zero attached hydrogens (tertiary/aromatic N) is 1. The smallest absolute Gasteiger partial charge is 0.300 e. The molecule has 1 saturated heterocycles. The predicted octanol–water partition coefficient (Wildman–Crippen LogP) is 6.09. The number of hydrogen-bond acceptors (Lipinski definition) is 4. The fourth-order valence-corrected chi connectivity index (χ4v) is 4.78. The van der Waals surface area contributed by atoms with Gasteiger partial charge in [0, 0.05) is 11.3 Å². The van der Waals surface area contributed by atoms with Gasteiger partial charge in [-0.05, 0) is 71.6 Å². The van der Waals surface area contributed by atoms with Crippen molar-refractivity contribution in [1.82, 2.24) is 0 Å². The van der Waals surface area contributed by atoms with Crippen LogP contribution in [0, 0.1) is 13.8 Å². The minimum absolute atomic E-state index is 0.0645. The van der Waals surface area contributed by atoms with Crippen molar-refractivity contribution in [1.29, 1.82) is 0 Å². The van der Waals surface area contributed by atoms with Crippen molar-refractivity contribution in [3.8, 4) is 5.75 Å². The molecule has 0 spiro atoms. The van der Waals surface area contributed by atoms with Crippen LogP contribution in [0.4, 0.5) is 5.69 Å². The van der Waals surface area contributed by atoms with Gasteiger partial charge in [0.15, 0.2) is 0 Å². The molecule has 4 aromatic carbocycles. The largest absolute Gasteiger partial charge is 0.507 e. The van der Waals surface area contributed by atoms with Crippen molar-refractivity contribution < 1.29 is 19.4 Å². The Labute approximate surface area is 203 Å². The maximum Gasteiger partial charge on any atom is 0.300 e. The lowest BCUT2D eigenvalue weighted by Gasteiger charge is -2.26. The molecular weight excluding hydrogens is 438 g/mol. The van der Waals surface area contributed by atoms with Crippen LogP contribution in [0.2, 0.25) is 0 Å². The number of fused-ring (bicyclic) bond motifs is 1. The molecule has 0 saturated carbocycles. The van der Waals surface area contributed by atoms with Gasteiger partial charge >= 0.3 is 0 Å². The molecule has 4 aromatic rings. The second-order valence-electron chi connectivity index (χ2n) is 8.85. The standard InChI is InChI=1S/C30H25NO4/c1-18-14-19(2)16-24(15-18)31-27(21-10-12-25(35-3)13-11-21)26(29(33)30(31)34)28(32)23-9-8-20-6-4-5-7-22(20)17-23/h4-17,27,32H,1-3H3/b28-26-. The van der Waals surface area contributed by atoms with E-state index in [9.17, 15) is 14.7 Å². The molecule has 0 bridgehead atoms. The van der Waals surface area contributed by atoms with Crippen LogP contribution in [-0.2, 0) is 9.59 Å². The number of ketones is 1. The predicted molar refractivity (Wildman–Crippen MR) is 138 cm³/mol. The van der Waals surface area contributed by atoms with Crippen LogP contribution in [-0.4, -0.2) is 23.9 Å². The zero-order valence-corrected chi connectivity index (χ0v) is 19.8. The highest BCUT2D eigenvalue weighted by molar-refractivity contribution is 6.51. The van der Waals surface area contributed by atoms with Crippen molar-refractivity contribution in [2.75, 3.05) is 12.0 Å². The van der Waals surface area contributed by atoms with Gasteiger partial charge in [-0.2, -0.15) is 0 Å². The summed E-state index contributed by atoms with van der Waals surface area (Å²) in [4.78, 5) is 28.3. The monoisotopic (exact) mass is 463 g/mol. The molecule has 1 amide bonds. The van der Waals surface area contributed by atoms with E-state index in [1.54, 1.807) is 25.3 Å². The van der Waals surface area contributed by atoms with E-state index in [0.29, 0.717) is 22.6 Å². The number of aliphatic hydroxyl groups excluding tert-OH is 1. The van der Waals surface area contributed by atoms with E-state index in [1.165, 1.54) is 4.90 Å². The van der Waals surface area contributed by atoms with Crippen LogP contribution in [0.3, 0.4) is 0 Å². The maximum absolute atomic E-state index is 13.4. The fraction of sp³-hybridized carbons (Fsp3) is 0.133. The number of aliphatic hydroxyl groups is 1. The highest BCUT2D eigenvalue weighted by Gasteiger charge is 2.47. The molecule has 1 fully saturated rings. The number of ether oxygens (including phenoxy) is 1. The van der Waals surface area contributed by atoms with Gasteiger partial charge in [-0.15, -0.1) is 0 Å². The van der Waals surface area contributed by atoms with Gasteiger partial charge in [-0.3, -0.25) is 14.5 Å². The molecule has 0 radical (unpaired) electrons. The lowest BCUT2D eigenvalue weighted by atomic mass is 9.94. The second kappa shape index (κ2) is 8.76. The highest BCUT2D eigenvalue weighted by atomic mass is 16.5. The molecule has 1 N–H and O–H groups in total. The number of hydrogen-bond donors (Lipinski definition) is 1. The topological polar surface area (TPSA) is 66.8 Å². The first-order valence-electron chi connectivity index (χ1n) is 11.4. The molecule has 35 heavy (non-hydrogen) atoms. The van der Waals surface area contributed by atoms with E-state index in [1.807, 2.05) is 80.6 Å². The third-order valence-electron chi connectivity index (χ3n) is 6.38. The summed E-state index contributed by atoms with van der Waals surface area (Å²) < 4.78 is 5.29. The van der Waals surface area contributed by atoms with Crippen molar-refractivity contribution in [3.63, 3.8) is 0 Å². The number of methoxy groups -OCH3 is 1. The van der Waals surface area contributed by atoms with Gasteiger partial charge in [0.05, 0.1) is 18.7 Å². The molecule has 5 nitrogen and oxygen atoms in total. The Kier molecular flexibility index (Phi) is 5.61. The summed E-state index contributed by atoms with van der Waals surface area (Å²) in [6, 6.07) is 25.5. The highest BCUT2D eigenvalue weighted by Crippen LogP contribution is 2.43. The van der Waals surface area contributed by atoms with Gasteiger partial charge in [-0.1, -0.05) is 54.6 Å². The third kappa shape index (κ3) is 3.95. The average molecular weight is 464 g/mol. The summed E-state index contributed by atoms with van der Waals surface area (Å²) in [7, 11) is 1.58. The first kappa shape index (κ1) is 22.4. The summed E-state index contributed by atoms with van der Waals surface area (Å²) in [6.07, 6.45) is 0. The Morgan fingerprint density at radius 2 is 1.49 bits per heavy atom. The quantitative estimate of drug-likeness (QED) is 0.226. The van der Waals surface area contributed by atoms with Crippen molar-refractivity contribution >= 4 is 33.9 Å². The maximum atomic E-state index is 13.4. The number of amides is 1. The van der Waals surface area contributed by atoms with E-state index in [0.717, 1.165) is 21.9 Å². The number of rotatable bonds is 4. The van der Waals surface area contributed by atoms with E-state index in [-0.39, 0.29) is 11.3 Å². The Balaban J connectivity index is 1.73. The molecule has 1 aliphatic heterocycles. The first-order chi connectivity index (χ1) is 16.9. The normalized spacial score (nSPS) is 17.2. The van der Waals surface area contributed by atoms with Crippen molar-refractivity contribution in [2.45, 2.75) is 19.9 Å². The van der Waals surface area contributed by atoms with E-state index in [2.05, 4.69) is 0 Å². The molecule has 1 unspecified atom stereocenters. The van der Waals surface area contributed by atoms with Crippen molar-refractivity contribution in [3.05, 3.63) is 113 Å². The first-order valence-corrected chi connectivity index (χ1v) is 11.4. The number of anilines is 1. The summed E-state index contributed by atoms with van der Waals surface area (Å²) in [5.74, 6) is -0.915. The van der Waals surface area contributed by atoms with Crippen molar-refractivity contribution in [2.24, 2.45) is 0 Å². The lowest BCUT2D eigenvalue weighted by Crippen LogP contribution is -2.29. The molecule has 0 aliphatic carbocycles. The molecule has 174 valence electrons. The molecule has 0 aromatic heterocycles. The zero-order valence-electron chi connectivity index (χ0n) is 19.8. The lowest BCUT2D eigenvalue weighted by molar-refractivity contribution is -0.132. The number of benzene rings is 4. The van der Waals surface area contributed by atoms with Crippen LogP contribution in [0.15, 0.2) is 90.5 Å². The molecule has 1 heterocycles. The minimum atomic E-state index is -0.784. The average Bonchev–Trinajstić information content (AvgIpc) is 3.13. The van der Waals surface area contributed by atoms with E-state index >= 15 is 0 Å². The fourth-order valence-electron chi connectivity index (χ4n) is 4.78. The summed E-state index contributed by atoms with van der Waals surface area (Å²) >= 11 is 0. The third-order valence-corrected chi connectivity index (χ3v) is 6.38. The summed E-state index contributed by atoms with van der Waals surface area (Å²) in [6.45, 7) is 3.90. The van der Waals surface area contributed by atoms with Gasteiger partial charge in [0.1, 0.15) is 11.5 Å². The van der Waals surface area contributed by atoms with Gasteiger partial charge in [0.2, 0.25) is 0 Å². The van der Waals surface area contributed by atoms with E-state index < -0.39 is 17.7 Å². The molecular formula is C30H25NO4.